The van der Waals surface area contributed by atoms with Gasteiger partial charge >= 0.3 is 0 Å². The van der Waals surface area contributed by atoms with Gasteiger partial charge in [0.2, 0.25) is 5.91 Å². The average Bonchev–Trinajstić information content (AvgIpc) is 3.29. The topological polar surface area (TPSA) is 73.2 Å². The van der Waals surface area contributed by atoms with E-state index in [0.717, 1.165) is 0 Å². The van der Waals surface area contributed by atoms with Crippen molar-refractivity contribution in [2.75, 3.05) is 11.9 Å². The summed E-state index contributed by atoms with van der Waals surface area (Å²) in [6.45, 7) is 6.44. The Balaban J connectivity index is 1.60. The van der Waals surface area contributed by atoms with Gasteiger partial charge in [0.15, 0.2) is 0 Å². The van der Waals surface area contributed by atoms with Gasteiger partial charge in [0.1, 0.15) is 17.3 Å². The quantitative estimate of drug-likeness (QED) is 0.861. The number of ether oxygens (including phenoxy) is 1. The molecule has 1 aliphatic carbocycles. The number of carbonyl (C=O) groups is 1. The van der Waals surface area contributed by atoms with Gasteiger partial charge < -0.3 is 10.1 Å². The largest absolute Gasteiger partial charge is 0.491 e. The Labute approximate surface area is 151 Å². The van der Waals surface area contributed by atoms with E-state index in [1.54, 1.807) is 6.92 Å². The summed E-state index contributed by atoms with van der Waals surface area (Å²) in [5, 5.41) is 6.99. The van der Waals surface area contributed by atoms with Crippen LogP contribution in [0.15, 0.2) is 35.1 Å². The van der Waals surface area contributed by atoms with Gasteiger partial charge in [-0.3, -0.25) is 9.59 Å². The number of carbonyl (C=O) groups excluding carboxylic acids is 1. The summed E-state index contributed by atoms with van der Waals surface area (Å²) in [6.07, 6.45) is 0.693. The van der Waals surface area contributed by atoms with Crippen molar-refractivity contribution in [3.8, 4) is 5.75 Å². The van der Waals surface area contributed by atoms with Gasteiger partial charge in [-0.2, -0.15) is 5.10 Å². The number of hydrogen-bond acceptors (Lipinski definition) is 4. The Morgan fingerprint density at radius 1 is 1.42 bits per heavy atom. The van der Waals surface area contributed by atoms with Crippen molar-refractivity contribution in [3.05, 3.63) is 52.2 Å². The van der Waals surface area contributed by atoms with Crippen LogP contribution in [0.3, 0.4) is 0 Å². The lowest BCUT2D eigenvalue weighted by Crippen LogP contribution is -2.24. The molecule has 0 aliphatic heterocycles. The van der Waals surface area contributed by atoms with E-state index in [4.69, 9.17) is 4.74 Å². The standard InChI is InChI=1S/C19H22FN3O3/c1-4-23-17(24)9-16(12(2)22-23)26-11-19(3)10-15(19)18(25)21-14-7-5-13(20)6-8-14/h5-9,15H,4,10-11H2,1-3H3,(H,21,25)/t15-,19+/m0/s1. The number of halogens is 1. The maximum Gasteiger partial charge on any atom is 0.270 e. The summed E-state index contributed by atoms with van der Waals surface area (Å²) in [7, 11) is 0. The zero-order chi connectivity index (χ0) is 18.9. The van der Waals surface area contributed by atoms with E-state index < -0.39 is 0 Å². The van der Waals surface area contributed by atoms with Gasteiger partial charge in [-0.25, -0.2) is 9.07 Å². The van der Waals surface area contributed by atoms with Crippen LogP contribution in [-0.2, 0) is 11.3 Å². The van der Waals surface area contributed by atoms with Crippen molar-refractivity contribution in [1.82, 2.24) is 9.78 Å². The molecule has 138 valence electrons. The van der Waals surface area contributed by atoms with Crippen LogP contribution in [0, 0.1) is 24.1 Å². The van der Waals surface area contributed by atoms with E-state index in [2.05, 4.69) is 10.4 Å². The SMILES string of the molecule is CCn1nc(C)c(OC[C@@]2(C)C[C@H]2C(=O)Nc2ccc(F)cc2)cc1=O. The molecule has 1 N–H and O–H groups in total. The predicted molar refractivity (Wildman–Crippen MR) is 95.6 cm³/mol. The lowest BCUT2D eigenvalue weighted by atomic mass is 10.1. The molecule has 1 heterocycles. The van der Waals surface area contributed by atoms with E-state index in [1.807, 2.05) is 13.8 Å². The number of benzene rings is 1. The molecule has 0 spiro atoms. The smallest absolute Gasteiger partial charge is 0.270 e. The summed E-state index contributed by atoms with van der Waals surface area (Å²) < 4.78 is 20.1. The highest BCUT2D eigenvalue weighted by molar-refractivity contribution is 5.95. The number of rotatable bonds is 6. The second kappa shape index (κ2) is 6.90. The van der Waals surface area contributed by atoms with Crippen LogP contribution in [0.2, 0.25) is 0 Å². The number of nitrogens with zero attached hydrogens (tertiary/aromatic N) is 2. The third kappa shape index (κ3) is 3.76. The van der Waals surface area contributed by atoms with Crippen LogP contribution in [0.4, 0.5) is 10.1 Å². The predicted octanol–water partition coefficient (Wildman–Crippen LogP) is 2.75. The third-order valence-electron chi connectivity index (χ3n) is 4.77. The third-order valence-corrected chi connectivity index (χ3v) is 4.77. The van der Waals surface area contributed by atoms with Gasteiger partial charge in [0, 0.05) is 29.6 Å². The summed E-state index contributed by atoms with van der Waals surface area (Å²) in [4.78, 5) is 24.3. The lowest BCUT2D eigenvalue weighted by Gasteiger charge is -2.15. The minimum atomic E-state index is -0.346. The first-order chi connectivity index (χ1) is 12.3. The van der Waals surface area contributed by atoms with E-state index in [0.29, 0.717) is 36.7 Å². The van der Waals surface area contributed by atoms with Crippen LogP contribution in [0.5, 0.6) is 5.75 Å². The number of aromatic nitrogens is 2. The molecule has 1 fully saturated rings. The van der Waals surface area contributed by atoms with Gasteiger partial charge in [0.25, 0.3) is 5.56 Å². The maximum atomic E-state index is 12.9. The molecule has 0 bridgehead atoms. The summed E-state index contributed by atoms with van der Waals surface area (Å²) in [5.41, 5.74) is 0.702. The highest BCUT2D eigenvalue weighted by atomic mass is 19.1. The lowest BCUT2D eigenvalue weighted by molar-refractivity contribution is -0.118. The molecular formula is C19H22FN3O3. The van der Waals surface area contributed by atoms with E-state index in [9.17, 15) is 14.0 Å². The maximum absolute atomic E-state index is 12.9. The van der Waals surface area contributed by atoms with Crippen molar-refractivity contribution < 1.29 is 13.9 Å². The van der Waals surface area contributed by atoms with Gasteiger partial charge in [-0.05, 0) is 44.5 Å². The second-order valence-corrected chi connectivity index (χ2v) is 6.94. The van der Waals surface area contributed by atoms with Gasteiger partial charge in [0.05, 0.1) is 6.61 Å². The fourth-order valence-electron chi connectivity index (χ4n) is 2.92. The van der Waals surface area contributed by atoms with Crippen LogP contribution >= 0.6 is 0 Å². The fourth-order valence-corrected chi connectivity index (χ4v) is 2.92. The molecule has 26 heavy (non-hydrogen) atoms. The molecule has 3 rings (SSSR count). The second-order valence-electron chi connectivity index (χ2n) is 6.94. The van der Waals surface area contributed by atoms with Crippen molar-refractivity contribution in [1.29, 1.82) is 0 Å². The van der Waals surface area contributed by atoms with Crippen LogP contribution in [0.1, 0.15) is 26.0 Å². The molecule has 1 amide bonds. The number of hydrogen-bond donors (Lipinski definition) is 1. The first kappa shape index (κ1) is 18.1. The van der Waals surface area contributed by atoms with Crippen molar-refractivity contribution in [2.24, 2.45) is 11.3 Å². The van der Waals surface area contributed by atoms with E-state index in [-0.39, 0.29) is 28.6 Å². The molecule has 6 nitrogen and oxygen atoms in total. The Hall–Kier alpha value is -2.70. The molecule has 0 unspecified atom stereocenters. The normalized spacial score (nSPS) is 21.3. The highest BCUT2D eigenvalue weighted by Gasteiger charge is 2.55. The monoisotopic (exact) mass is 359 g/mol. The number of aryl methyl sites for hydroxylation is 2. The molecule has 0 saturated heterocycles. The first-order valence-corrected chi connectivity index (χ1v) is 8.60. The average molecular weight is 359 g/mol. The molecule has 0 radical (unpaired) electrons. The summed E-state index contributed by atoms with van der Waals surface area (Å²) >= 11 is 0. The molecule has 1 saturated carbocycles. The fraction of sp³-hybridized carbons (Fsp3) is 0.421. The Morgan fingerprint density at radius 2 is 2.12 bits per heavy atom. The number of amides is 1. The molecule has 1 aliphatic rings. The molecule has 2 atom stereocenters. The van der Waals surface area contributed by atoms with Crippen LogP contribution < -0.4 is 15.6 Å². The molecule has 2 aromatic rings. The number of anilines is 1. The minimum absolute atomic E-state index is 0.112. The number of nitrogens with one attached hydrogen (secondary N) is 1. The molecule has 7 heteroatoms. The molecule has 1 aromatic heterocycles. The zero-order valence-corrected chi connectivity index (χ0v) is 15.1. The van der Waals surface area contributed by atoms with Crippen LogP contribution in [-0.4, -0.2) is 22.3 Å². The zero-order valence-electron chi connectivity index (χ0n) is 15.1. The molecular weight excluding hydrogens is 337 g/mol. The van der Waals surface area contributed by atoms with Crippen molar-refractivity contribution in [3.63, 3.8) is 0 Å². The first-order valence-electron chi connectivity index (χ1n) is 8.60. The van der Waals surface area contributed by atoms with Crippen molar-refractivity contribution in [2.45, 2.75) is 33.7 Å². The van der Waals surface area contributed by atoms with E-state index >= 15 is 0 Å². The Kier molecular flexibility index (Phi) is 4.80. The Morgan fingerprint density at radius 3 is 2.77 bits per heavy atom. The molecule has 1 aromatic carbocycles. The Bertz CT molecular complexity index is 879. The highest BCUT2D eigenvalue weighted by Crippen LogP contribution is 2.52. The van der Waals surface area contributed by atoms with Gasteiger partial charge in [-0.1, -0.05) is 6.92 Å². The van der Waals surface area contributed by atoms with Crippen LogP contribution in [0.25, 0.3) is 0 Å². The van der Waals surface area contributed by atoms with E-state index in [1.165, 1.54) is 35.0 Å². The van der Waals surface area contributed by atoms with Crippen molar-refractivity contribution >= 4 is 11.6 Å². The minimum Gasteiger partial charge on any atom is -0.491 e. The summed E-state index contributed by atoms with van der Waals surface area (Å²) in [5.74, 6) is -0.192. The van der Waals surface area contributed by atoms with Gasteiger partial charge in [-0.15, -0.1) is 0 Å². The summed E-state index contributed by atoms with van der Waals surface area (Å²) in [6, 6.07) is 7.10.